The monoisotopic (exact) mass is 474 g/mol. The van der Waals surface area contributed by atoms with Crippen molar-refractivity contribution in [1.29, 1.82) is 0 Å². The Kier molecular flexibility index (Phi) is 7.04. The maximum atomic E-state index is 14.8. The van der Waals surface area contributed by atoms with Gasteiger partial charge in [0, 0.05) is 17.0 Å². The minimum Gasteiger partial charge on any atom is -0.496 e. The van der Waals surface area contributed by atoms with Crippen molar-refractivity contribution in [3.63, 3.8) is 0 Å². The lowest BCUT2D eigenvalue weighted by Gasteiger charge is -2.42. The van der Waals surface area contributed by atoms with E-state index in [4.69, 9.17) is 4.74 Å². The molecule has 10 heteroatoms. The third kappa shape index (κ3) is 4.85. The molecule has 1 amide bonds. The topological polar surface area (TPSA) is 41.6 Å². The van der Waals surface area contributed by atoms with E-state index in [1.54, 1.807) is 13.3 Å². The van der Waals surface area contributed by atoms with E-state index in [1.165, 1.54) is 7.11 Å². The third-order valence-electron chi connectivity index (χ3n) is 5.54. The van der Waals surface area contributed by atoms with Crippen LogP contribution in [0.3, 0.4) is 0 Å². The summed E-state index contributed by atoms with van der Waals surface area (Å²) in [5, 5.41) is 2.81. The Hall–Kier alpha value is -2.33. The van der Waals surface area contributed by atoms with E-state index in [-0.39, 0.29) is 28.3 Å². The number of amides is 1. The lowest BCUT2D eigenvalue weighted by Crippen LogP contribution is -2.56. The molecular formula is C22H23F5N2O2S. The molecule has 1 atom stereocenters. The first kappa shape index (κ1) is 24.3. The number of hydrogen-bond acceptors (Lipinski definition) is 4. The molecule has 174 valence electrons. The number of halogens is 5. The summed E-state index contributed by atoms with van der Waals surface area (Å²) in [6, 6.07) is 4.68. The second-order valence-electron chi connectivity index (χ2n) is 7.76. The predicted octanol–water partition coefficient (Wildman–Crippen LogP) is 5.07. The summed E-state index contributed by atoms with van der Waals surface area (Å²) in [6.07, 6.45) is -2.14. The Labute approximate surface area is 187 Å². The van der Waals surface area contributed by atoms with Gasteiger partial charge in [0.15, 0.2) is 0 Å². The van der Waals surface area contributed by atoms with Crippen LogP contribution in [0, 0.1) is 11.6 Å². The van der Waals surface area contributed by atoms with E-state index in [1.807, 2.05) is 4.90 Å². The first-order valence-electron chi connectivity index (χ1n) is 9.80. The van der Waals surface area contributed by atoms with E-state index in [0.29, 0.717) is 19.4 Å². The summed E-state index contributed by atoms with van der Waals surface area (Å²) in [4.78, 5) is 15.3. The van der Waals surface area contributed by atoms with Crippen molar-refractivity contribution in [2.24, 2.45) is 0 Å². The molecule has 1 aliphatic heterocycles. The highest BCUT2D eigenvalue weighted by Crippen LogP contribution is 2.39. The fourth-order valence-corrected chi connectivity index (χ4v) is 4.74. The molecule has 1 heterocycles. The number of rotatable bonds is 5. The molecule has 0 saturated carbocycles. The number of alkyl halides is 3. The van der Waals surface area contributed by atoms with Gasteiger partial charge < -0.3 is 15.0 Å². The minimum absolute atomic E-state index is 0.00557. The fraction of sp³-hybridized carbons (Fsp3) is 0.409. The summed E-state index contributed by atoms with van der Waals surface area (Å²) in [5.41, 5.74) is -2.30. The highest BCUT2D eigenvalue weighted by molar-refractivity contribution is 7.98. The largest absolute Gasteiger partial charge is 0.496 e. The smallest absolute Gasteiger partial charge is 0.416 e. The van der Waals surface area contributed by atoms with Gasteiger partial charge in [-0.2, -0.15) is 13.2 Å². The summed E-state index contributed by atoms with van der Waals surface area (Å²) in [7, 11) is 2.97. The van der Waals surface area contributed by atoms with Crippen molar-refractivity contribution in [3.8, 4) is 5.75 Å². The molecule has 2 aromatic rings. The lowest BCUT2D eigenvalue weighted by atomic mass is 9.81. The highest BCUT2D eigenvalue weighted by Gasteiger charge is 2.41. The summed E-state index contributed by atoms with van der Waals surface area (Å²) >= 11 is 0.961. The lowest BCUT2D eigenvalue weighted by molar-refractivity contribution is -0.137. The van der Waals surface area contributed by atoms with Crippen LogP contribution in [0.15, 0.2) is 35.2 Å². The average molecular weight is 474 g/mol. The number of nitrogens with one attached hydrogen (secondary N) is 1. The molecule has 2 aromatic carbocycles. The zero-order chi connectivity index (χ0) is 23.7. The van der Waals surface area contributed by atoms with Crippen molar-refractivity contribution >= 4 is 17.7 Å². The quantitative estimate of drug-likeness (QED) is 0.486. The van der Waals surface area contributed by atoms with Crippen LogP contribution < -0.4 is 10.1 Å². The van der Waals surface area contributed by atoms with Crippen LogP contribution in [-0.4, -0.2) is 44.3 Å². The number of carbonyl (C=O) groups excluding carboxylic acids is 1. The number of nitrogens with zero attached hydrogens (tertiary/aromatic N) is 1. The number of thioether (sulfide) groups is 1. The SMILES string of the molecule is COc1cc(C(F)(F)F)cc(SC)c1C(=O)N[C@]1(c2cc(F)ccc2F)CCCN(C)C1. The Balaban J connectivity index is 2.10. The van der Waals surface area contributed by atoms with Gasteiger partial charge in [-0.15, -0.1) is 11.8 Å². The summed E-state index contributed by atoms with van der Waals surface area (Å²) < 4.78 is 73.7. The minimum atomic E-state index is -4.62. The van der Waals surface area contributed by atoms with Crippen molar-refractivity contribution in [2.45, 2.75) is 29.5 Å². The number of piperidine rings is 1. The Morgan fingerprint density at radius 1 is 1.22 bits per heavy atom. The molecule has 0 radical (unpaired) electrons. The van der Waals surface area contributed by atoms with Crippen LogP contribution in [0.25, 0.3) is 0 Å². The van der Waals surface area contributed by atoms with Gasteiger partial charge in [-0.05, 0) is 63.0 Å². The number of ether oxygens (including phenoxy) is 1. The van der Waals surface area contributed by atoms with Gasteiger partial charge in [0.25, 0.3) is 5.91 Å². The second-order valence-corrected chi connectivity index (χ2v) is 8.60. The molecule has 3 rings (SSSR count). The highest BCUT2D eigenvalue weighted by atomic mass is 32.2. The first-order chi connectivity index (χ1) is 15.0. The number of methoxy groups -OCH3 is 1. The second kappa shape index (κ2) is 9.27. The van der Waals surface area contributed by atoms with Gasteiger partial charge >= 0.3 is 6.18 Å². The van der Waals surface area contributed by atoms with Gasteiger partial charge in [0.2, 0.25) is 0 Å². The number of benzene rings is 2. The van der Waals surface area contributed by atoms with E-state index in [2.05, 4.69) is 5.32 Å². The fourth-order valence-electron chi connectivity index (χ4n) is 4.10. The van der Waals surface area contributed by atoms with Gasteiger partial charge in [-0.1, -0.05) is 0 Å². The predicted molar refractivity (Wildman–Crippen MR) is 112 cm³/mol. The van der Waals surface area contributed by atoms with E-state index < -0.39 is 34.8 Å². The van der Waals surface area contributed by atoms with Gasteiger partial charge in [-0.3, -0.25) is 4.79 Å². The van der Waals surface area contributed by atoms with Crippen LogP contribution in [0.4, 0.5) is 22.0 Å². The number of hydrogen-bond donors (Lipinski definition) is 1. The van der Waals surface area contributed by atoms with E-state index in [0.717, 1.165) is 42.1 Å². The molecule has 1 fully saturated rings. The van der Waals surface area contributed by atoms with Crippen molar-refractivity contribution in [2.75, 3.05) is 33.5 Å². The molecule has 0 aliphatic carbocycles. The van der Waals surface area contributed by atoms with Crippen molar-refractivity contribution in [1.82, 2.24) is 10.2 Å². The normalized spacial score (nSPS) is 19.6. The molecule has 1 aliphatic rings. The van der Waals surface area contributed by atoms with Crippen LogP contribution in [0.5, 0.6) is 5.75 Å². The Morgan fingerprint density at radius 3 is 2.53 bits per heavy atom. The molecule has 32 heavy (non-hydrogen) atoms. The first-order valence-corrected chi connectivity index (χ1v) is 11.0. The Bertz CT molecular complexity index is 989. The molecular weight excluding hydrogens is 451 g/mol. The van der Waals surface area contributed by atoms with E-state index in [9.17, 15) is 26.7 Å². The molecule has 1 saturated heterocycles. The molecule has 0 unspecified atom stereocenters. The molecule has 4 nitrogen and oxygen atoms in total. The van der Waals surface area contributed by atoms with Gasteiger partial charge in [-0.25, -0.2) is 8.78 Å². The standard InChI is InChI=1S/C22H23F5N2O2S/c1-29-8-4-7-21(12-29,15-11-14(23)5-6-16(15)24)28-20(30)19-17(31-2)9-13(22(25,26)27)10-18(19)32-3/h5-6,9-11H,4,7-8,12H2,1-3H3,(H,28,30)/t21-/m1/s1. The summed E-state index contributed by atoms with van der Waals surface area (Å²) in [5.74, 6) is -2.30. The van der Waals surface area contributed by atoms with E-state index >= 15 is 0 Å². The van der Waals surface area contributed by atoms with Crippen LogP contribution in [0.2, 0.25) is 0 Å². The van der Waals surface area contributed by atoms with Crippen molar-refractivity contribution < 1.29 is 31.5 Å². The molecule has 0 bridgehead atoms. The number of carbonyl (C=O) groups is 1. The molecule has 0 spiro atoms. The third-order valence-corrected chi connectivity index (χ3v) is 6.30. The maximum absolute atomic E-state index is 14.8. The molecule has 1 N–H and O–H groups in total. The number of likely N-dealkylation sites (tertiary alicyclic amines) is 1. The molecule has 0 aromatic heterocycles. The number of likely N-dealkylation sites (N-methyl/N-ethyl adjacent to an activating group) is 1. The van der Waals surface area contributed by atoms with Crippen LogP contribution in [-0.2, 0) is 11.7 Å². The summed E-state index contributed by atoms with van der Waals surface area (Å²) in [6.45, 7) is 0.908. The van der Waals surface area contributed by atoms with Crippen LogP contribution in [0.1, 0.15) is 34.3 Å². The van der Waals surface area contributed by atoms with Crippen molar-refractivity contribution in [3.05, 3.63) is 58.7 Å². The van der Waals surface area contributed by atoms with Gasteiger partial charge in [0.1, 0.15) is 17.4 Å². The average Bonchev–Trinajstić information content (AvgIpc) is 2.73. The maximum Gasteiger partial charge on any atom is 0.416 e. The van der Waals surface area contributed by atoms with Gasteiger partial charge in [0.05, 0.1) is 23.8 Å². The van der Waals surface area contributed by atoms with Crippen LogP contribution >= 0.6 is 11.8 Å². The Morgan fingerprint density at radius 2 is 1.94 bits per heavy atom. The zero-order valence-corrected chi connectivity index (χ0v) is 18.6. The zero-order valence-electron chi connectivity index (χ0n) is 17.8.